The lowest BCUT2D eigenvalue weighted by atomic mass is 10.2. The van der Waals surface area contributed by atoms with Crippen LogP contribution < -0.4 is 10.6 Å². The van der Waals surface area contributed by atoms with Crippen molar-refractivity contribution in [3.63, 3.8) is 0 Å². The van der Waals surface area contributed by atoms with Crippen LogP contribution in [0.1, 0.15) is 23.8 Å². The Bertz CT molecular complexity index is 1010. The highest BCUT2D eigenvalue weighted by Crippen LogP contribution is 2.34. The van der Waals surface area contributed by atoms with Gasteiger partial charge in [-0.1, -0.05) is 6.92 Å². The first-order valence-corrected chi connectivity index (χ1v) is 12.9. The van der Waals surface area contributed by atoms with Crippen LogP contribution in [0, 0.1) is 12.8 Å². The van der Waals surface area contributed by atoms with E-state index >= 15 is 0 Å². The molecule has 2 heterocycles. The van der Waals surface area contributed by atoms with Crippen LogP contribution in [0.15, 0.2) is 39.4 Å². The molecule has 1 atom stereocenters. The van der Waals surface area contributed by atoms with Crippen molar-refractivity contribution in [3.05, 3.63) is 40.1 Å². The van der Waals surface area contributed by atoms with Crippen molar-refractivity contribution in [1.29, 1.82) is 0 Å². The Hall–Kier alpha value is -1.84. The zero-order valence-electron chi connectivity index (χ0n) is 16.4. The van der Waals surface area contributed by atoms with Crippen LogP contribution in [-0.4, -0.2) is 38.3 Å². The second kappa shape index (κ2) is 9.32. The van der Waals surface area contributed by atoms with Crippen LogP contribution in [0.3, 0.4) is 0 Å². The maximum absolute atomic E-state index is 12.7. The number of amides is 2. The maximum Gasteiger partial charge on any atom is 0.228 e. The topological polar surface area (TPSA) is 92.3 Å². The summed E-state index contributed by atoms with van der Waals surface area (Å²) in [6.07, 6.45) is 0.642. The first-order chi connectivity index (χ1) is 13.8. The number of rotatable bonds is 7. The first-order valence-electron chi connectivity index (χ1n) is 9.36. The van der Waals surface area contributed by atoms with E-state index in [0.29, 0.717) is 18.0 Å². The van der Waals surface area contributed by atoms with Gasteiger partial charge in [-0.25, -0.2) is 8.42 Å². The number of anilines is 1. The van der Waals surface area contributed by atoms with E-state index in [9.17, 15) is 18.0 Å². The van der Waals surface area contributed by atoms with E-state index in [2.05, 4.69) is 10.6 Å². The molecule has 1 aromatic carbocycles. The van der Waals surface area contributed by atoms with Crippen LogP contribution in [0.4, 0.5) is 5.69 Å². The van der Waals surface area contributed by atoms with Crippen LogP contribution in [0.25, 0.3) is 0 Å². The summed E-state index contributed by atoms with van der Waals surface area (Å²) in [5, 5.41) is 7.59. The predicted molar refractivity (Wildman–Crippen MR) is 117 cm³/mol. The molecule has 29 heavy (non-hydrogen) atoms. The Balaban J connectivity index is 1.57. The van der Waals surface area contributed by atoms with Gasteiger partial charge in [-0.15, -0.1) is 23.1 Å². The Kier molecular flexibility index (Phi) is 7.02. The monoisotopic (exact) mass is 452 g/mol. The zero-order valence-corrected chi connectivity index (χ0v) is 18.8. The SMILES string of the molecule is Cc1ccsc1CCNC(=O)CCS(=O)(=O)c1ccc2c(c1)NC(=O)[C@H](C)CS2. The molecule has 0 saturated heterocycles. The summed E-state index contributed by atoms with van der Waals surface area (Å²) < 4.78 is 25.3. The number of nitrogens with one attached hydrogen (secondary N) is 2. The molecule has 1 aliphatic rings. The van der Waals surface area contributed by atoms with Crippen LogP contribution >= 0.6 is 23.1 Å². The summed E-state index contributed by atoms with van der Waals surface area (Å²) in [5.74, 6) is -0.168. The van der Waals surface area contributed by atoms with Crippen LogP contribution in [-0.2, 0) is 25.8 Å². The smallest absolute Gasteiger partial charge is 0.228 e. The number of benzene rings is 1. The second-order valence-electron chi connectivity index (χ2n) is 7.05. The van der Waals surface area contributed by atoms with Crippen molar-refractivity contribution in [2.45, 2.75) is 36.5 Å². The molecule has 0 fully saturated rings. The number of hydrogen-bond acceptors (Lipinski definition) is 6. The molecule has 3 rings (SSSR count). The highest BCUT2D eigenvalue weighted by molar-refractivity contribution is 7.99. The van der Waals surface area contributed by atoms with Gasteiger partial charge in [0.25, 0.3) is 0 Å². The minimum atomic E-state index is -3.63. The average Bonchev–Trinajstić information content (AvgIpc) is 3.03. The number of carbonyl (C=O) groups is 2. The van der Waals surface area contributed by atoms with E-state index in [4.69, 9.17) is 0 Å². The number of hydrogen-bond donors (Lipinski definition) is 2. The minimum Gasteiger partial charge on any atom is -0.356 e. The van der Waals surface area contributed by atoms with Gasteiger partial charge in [0.1, 0.15) is 0 Å². The third-order valence-corrected chi connectivity index (χ3v) is 8.87. The van der Waals surface area contributed by atoms with Crippen molar-refractivity contribution in [2.75, 3.05) is 23.4 Å². The van der Waals surface area contributed by atoms with E-state index in [-0.39, 0.29) is 34.8 Å². The van der Waals surface area contributed by atoms with Crippen LogP contribution in [0.5, 0.6) is 0 Å². The normalized spacial score (nSPS) is 16.6. The molecule has 1 aromatic heterocycles. The van der Waals surface area contributed by atoms with Gasteiger partial charge < -0.3 is 10.6 Å². The summed E-state index contributed by atoms with van der Waals surface area (Å²) >= 11 is 3.18. The molecule has 0 radical (unpaired) electrons. The van der Waals surface area contributed by atoms with E-state index in [1.807, 2.05) is 25.3 Å². The average molecular weight is 453 g/mol. The van der Waals surface area contributed by atoms with Gasteiger partial charge in [0.05, 0.1) is 16.3 Å². The van der Waals surface area contributed by atoms with E-state index in [1.165, 1.54) is 28.3 Å². The lowest BCUT2D eigenvalue weighted by Crippen LogP contribution is -2.27. The van der Waals surface area contributed by atoms with Crippen molar-refractivity contribution in [3.8, 4) is 0 Å². The standard InChI is InChI=1S/C20H24N2O4S3/c1-13-6-9-27-17(13)5-8-21-19(23)7-10-29(25,26)15-3-4-18-16(11-15)22-20(24)14(2)12-28-18/h3-4,6,9,11,14H,5,7-8,10,12H2,1-2H3,(H,21,23)(H,22,24)/t14-/m1/s1. The highest BCUT2D eigenvalue weighted by Gasteiger charge is 2.23. The van der Waals surface area contributed by atoms with Gasteiger partial charge in [-0.05, 0) is 48.6 Å². The Morgan fingerprint density at radius 3 is 2.83 bits per heavy atom. The van der Waals surface area contributed by atoms with Crippen molar-refractivity contribution < 1.29 is 18.0 Å². The molecule has 0 spiro atoms. The molecule has 0 bridgehead atoms. The molecule has 0 unspecified atom stereocenters. The fourth-order valence-electron chi connectivity index (χ4n) is 2.88. The number of fused-ring (bicyclic) bond motifs is 1. The van der Waals surface area contributed by atoms with E-state index < -0.39 is 9.84 Å². The number of thioether (sulfide) groups is 1. The minimum absolute atomic E-state index is 0.0962. The van der Waals surface area contributed by atoms with Gasteiger partial charge in [0, 0.05) is 34.4 Å². The third kappa shape index (κ3) is 5.61. The molecule has 2 aromatic rings. The van der Waals surface area contributed by atoms with Gasteiger partial charge >= 0.3 is 0 Å². The molecule has 0 saturated carbocycles. The Morgan fingerprint density at radius 1 is 1.31 bits per heavy atom. The Labute approximate surface area is 179 Å². The first kappa shape index (κ1) is 21.9. The van der Waals surface area contributed by atoms with Gasteiger partial charge in [-0.3, -0.25) is 9.59 Å². The van der Waals surface area contributed by atoms with Gasteiger partial charge in [0.15, 0.2) is 9.84 Å². The summed E-state index contributed by atoms with van der Waals surface area (Å²) in [4.78, 5) is 26.3. The third-order valence-electron chi connectivity index (χ3n) is 4.74. The second-order valence-corrected chi connectivity index (χ2v) is 11.2. The molecule has 156 valence electrons. The van der Waals surface area contributed by atoms with Crippen molar-refractivity contribution in [1.82, 2.24) is 5.32 Å². The quantitative estimate of drug-likeness (QED) is 0.673. The predicted octanol–water partition coefficient (Wildman–Crippen LogP) is 3.26. The van der Waals surface area contributed by atoms with Crippen molar-refractivity contribution in [2.24, 2.45) is 5.92 Å². The molecular formula is C20H24N2O4S3. The Morgan fingerprint density at radius 2 is 2.10 bits per heavy atom. The largest absolute Gasteiger partial charge is 0.356 e. The van der Waals surface area contributed by atoms with E-state index in [1.54, 1.807) is 23.5 Å². The fourth-order valence-corrected chi connectivity index (χ4v) is 6.06. The molecule has 0 aliphatic carbocycles. The molecule has 9 heteroatoms. The van der Waals surface area contributed by atoms with Gasteiger partial charge in [-0.2, -0.15) is 0 Å². The number of carbonyl (C=O) groups excluding carboxylic acids is 2. The molecular weight excluding hydrogens is 428 g/mol. The molecule has 2 N–H and O–H groups in total. The number of aryl methyl sites for hydroxylation is 1. The summed E-state index contributed by atoms with van der Waals surface area (Å²) in [6, 6.07) is 6.79. The molecule has 1 aliphatic heterocycles. The molecule has 2 amide bonds. The fraction of sp³-hybridized carbons (Fsp3) is 0.400. The summed E-state index contributed by atoms with van der Waals surface area (Å²) in [5.41, 5.74) is 1.72. The summed E-state index contributed by atoms with van der Waals surface area (Å²) in [6.45, 7) is 4.35. The van der Waals surface area contributed by atoms with Crippen LogP contribution in [0.2, 0.25) is 0 Å². The number of sulfone groups is 1. The van der Waals surface area contributed by atoms with Gasteiger partial charge in [0.2, 0.25) is 11.8 Å². The zero-order chi connectivity index (χ0) is 21.0. The summed E-state index contributed by atoms with van der Waals surface area (Å²) in [7, 11) is -3.63. The lowest BCUT2D eigenvalue weighted by Gasteiger charge is -2.10. The van der Waals surface area contributed by atoms with E-state index in [0.717, 1.165) is 11.3 Å². The molecule has 6 nitrogen and oxygen atoms in total. The highest BCUT2D eigenvalue weighted by atomic mass is 32.2. The maximum atomic E-state index is 12.7. The lowest BCUT2D eigenvalue weighted by molar-refractivity contribution is -0.120. The number of thiophene rings is 1. The van der Waals surface area contributed by atoms with Crippen molar-refractivity contribution >= 4 is 50.4 Å².